The van der Waals surface area contributed by atoms with Gasteiger partial charge in [0.15, 0.2) is 0 Å². The van der Waals surface area contributed by atoms with Crippen LogP contribution >= 0.6 is 0 Å². The average Bonchev–Trinajstić information content (AvgIpc) is 2.45. The molecule has 0 heterocycles. The van der Waals surface area contributed by atoms with Gasteiger partial charge in [-0.3, -0.25) is 0 Å². The molecule has 0 fully saturated rings. The third-order valence-electron chi connectivity index (χ3n) is 8.55. The lowest BCUT2D eigenvalue weighted by molar-refractivity contribution is 0.0141. The van der Waals surface area contributed by atoms with Crippen LogP contribution in [0.1, 0.15) is 76.2 Å². The molecule has 3 aliphatic rings. The van der Waals surface area contributed by atoms with E-state index in [-0.39, 0.29) is 16.2 Å². The summed E-state index contributed by atoms with van der Waals surface area (Å²) >= 11 is 0. The van der Waals surface area contributed by atoms with Crippen LogP contribution < -0.4 is 0 Å². The normalized spacial score (nSPS) is 46.7. The fraction of sp³-hybridized carbons (Fsp3) is 0.714. The number of hydrogen-bond acceptors (Lipinski definition) is 0. The maximum absolute atomic E-state index is 2.48. The minimum atomic E-state index is 0.155. The molecule has 3 unspecified atom stereocenters. The standard InChI is InChI=1S/C21H34/c1-12-13(2)15(4)21(11)17(6)16(5)20(10,14(12)3)18(7)19(21,8)9/h18H,1-11H3/b14-12+,15-13-. The fourth-order valence-corrected chi connectivity index (χ4v) is 5.42. The topological polar surface area (TPSA) is 0 Å². The minimum absolute atomic E-state index is 0.155. The molecule has 118 valence electrons. The van der Waals surface area contributed by atoms with Crippen molar-refractivity contribution in [2.75, 3.05) is 0 Å². The quantitative estimate of drug-likeness (QED) is 0.435. The van der Waals surface area contributed by atoms with Crippen LogP contribution in [0.5, 0.6) is 0 Å². The first kappa shape index (κ1) is 16.6. The molecule has 0 aromatic carbocycles. The summed E-state index contributed by atoms with van der Waals surface area (Å²) < 4.78 is 0. The van der Waals surface area contributed by atoms with E-state index >= 15 is 0 Å². The molecule has 0 nitrogen and oxygen atoms in total. The Balaban J connectivity index is 3.09. The summed E-state index contributed by atoms with van der Waals surface area (Å²) in [6, 6.07) is 0. The summed E-state index contributed by atoms with van der Waals surface area (Å²) in [5, 5.41) is 0. The summed E-state index contributed by atoms with van der Waals surface area (Å²) in [6.07, 6.45) is 0. The largest absolute Gasteiger partial charge is 0.0632 e. The SMILES string of the molecule is CC1=C(C)C2(C)/C(C)=C(C)\C(C)=C(/C)C1(C)C(C)C2(C)C. The summed E-state index contributed by atoms with van der Waals surface area (Å²) in [7, 11) is 0. The number of fused-ring (bicyclic) bond motifs is 2. The molecular weight excluding hydrogens is 252 g/mol. The van der Waals surface area contributed by atoms with Crippen molar-refractivity contribution in [2.24, 2.45) is 22.2 Å². The van der Waals surface area contributed by atoms with Crippen LogP contribution in [0, 0.1) is 22.2 Å². The number of rotatable bonds is 0. The Morgan fingerprint density at radius 2 is 1.05 bits per heavy atom. The zero-order chi connectivity index (χ0) is 16.5. The molecule has 0 aromatic rings. The molecule has 2 bridgehead atoms. The predicted molar refractivity (Wildman–Crippen MR) is 94.3 cm³/mol. The monoisotopic (exact) mass is 286 g/mol. The van der Waals surface area contributed by atoms with Crippen molar-refractivity contribution in [3.63, 3.8) is 0 Å². The molecule has 0 aliphatic heterocycles. The van der Waals surface area contributed by atoms with E-state index in [1.165, 1.54) is 11.1 Å². The molecule has 21 heavy (non-hydrogen) atoms. The molecule has 0 amide bonds. The zero-order valence-corrected chi connectivity index (χ0v) is 16.1. The van der Waals surface area contributed by atoms with Gasteiger partial charge in [0, 0.05) is 10.8 Å². The van der Waals surface area contributed by atoms with Crippen LogP contribution in [-0.2, 0) is 0 Å². The summed E-state index contributed by atoms with van der Waals surface area (Å²) in [5.41, 5.74) is 9.92. The maximum atomic E-state index is 2.48. The molecular formula is C21H34. The molecule has 0 saturated carbocycles. The lowest BCUT2D eigenvalue weighted by atomic mass is 9.41. The van der Waals surface area contributed by atoms with Gasteiger partial charge in [0.1, 0.15) is 0 Å². The molecule has 0 aromatic heterocycles. The van der Waals surface area contributed by atoms with Gasteiger partial charge >= 0.3 is 0 Å². The van der Waals surface area contributed by atoms with Crippen molar-refractivity contribution in [3.8, 4) is 0 Å². The Kier molecular flexibility index (Phi) is 3.45. The second-order valence-corrected chi connectivity index (χ2v) is 8.52. The molecule has 3 aliphatic carbocycles. The highest BCUT2D eigenvalue weighted by atomic mass is 14.6. The van der Waals surface area contributed by atoms with Crippen LogP contribution in [0.15, 0.2) is 33.4 Å². The number of allylic oxidation sites excluding steroid dienone is 6. The first-order valence-electron chi connectivity index (χ1n) is 8.40. The summed E-state index contributed by atoms with van der Waals surface area (Å²) in [5.74, 6) is 0.622. The van der Waals surface area contributed by atoms with Crippen LogP contribution in [0.2, 0.25) is 0 Å². The Morgan fingerprint density at radius 1 is 0.619 bits per heavy atom. The van der Waals surface area contributed by atoms with Crippen LogP contribution in [0.3, 0.4) is 0 Å². The summed E-state index contributed by atoms with van der Waals surface area (Å²) in [4.78, 5) is 0. The van der Waals surface area contributed by atoms with E-state index in [0.717, 1.165) is 0 Å². The molecule has 3 rings (SSSR count). The third-order valence-corrected chi connectivity index (χ3v) is 8.55. The van der Waals surface area contributed by atoms with E-state index in [9.17, 15) is 0 Å². The molecule has 0 N–H and O–H groups in total. The van der Waals surface area contributed by atoms with Gasteiger partial charge in [-0.15, -0.1) is 0 Å². The highest BCUT2D eigenvalue weighted by Gasteiger charge is 2.59. The van der Waals surface area contributed by atoms with E-state index in [1.54, 1.807) is 22.3 Å². The lowest BCUT2D eigenvalue weighted by Crippen LogP contribution is -2.54. The first-order chi connectivity index (χ1) is 9.36. The maximum Gasteiger partial charge on any atom is 0.0149 e. The van der Waals surface area contributed by atoms with E-state index in [1.807, 2.05) is 0 Å². The smallest absolute Gasteiger partial charge is 0.0149 e. The van der Waals surface area contributed by atoms with Crippen LogP contribution in [0.25, 0.3) is 0 Å². The second kappa shape index (κ2) is 4.37. The van der Waals surface area contributed by atoms with Gasteiger partial charge in [0.25, 0.3) is 0 Å². The molecule has 0 heteroatoms. The predicted octanol–water partition coefficient (Wildman–Crippen LogP) is 6.70. The average molecular weight is 287 g/mol. The van der Waals surface area contributed by atoms with Gasteiger partial charge in [0.2, 0.25) is 0 Å². The first-order valence-corrected chi connectivity index (χ1v) is 8.40. The lowest BCUT2D eigenvalue weighted by Gasteiger charge is -2.62. The van der Waals surface area contributed by atoms with Crippen LogP contribution in [0.4, 0.5) is 0 Å². The summed E-state index contributed by atoms with van der Waals surface area (Å²) in [6.45, 7) is 26.5. The van der Waals surface area contributed by atoms with Gasteiger partial charge in [-0.1, -0.05) is 56.9 Å². The highest BCUT2D eigenvalue weighted by Crippen LogP contribution is 2.68. The Labute approximate surface area is 132 Å². The number of hydrogen-bond donors (Lipinski definition) is 0. The van der Waals surface area contributed by atoms with Gasteiger partial charge in [0.05, 0.1) is 0 Å². The fourth-order valence-electron chi connectivity index (χ4n) is 5.42. The van der Waals surface area contributed by atoms with E-state index in [2.05, 4.69) is 76.2 Å². The molecule has 0 radical (unpaired) electrons. The van der Waals surface area contributed by atoms with Gasteiger partial charge in [-0.2, -0.15) is 0 Å². The van der Waals surface area contributed by atoms with Crippen LogP contribution in [-0.4, -0.2) is 0 Å². The zero-order valence-electron chi connectivity index (χ0n) is 16.1. The van der Waals surface area contributed by atoms with Crippen molar-refractivity contribution >= 4 is 0 Å². The molecule has 0 spiro atoms. The highest BCUT2D eigenvalue weighted by molar-refractivity contribution is 5.53. The van der Waals surface area contributed by atoms with Crippen molar-refractivity contribution in [1.29, 1.82) is 0 Å². The van der Waals surface area contributed by atoms with Crippen molar-refractivity contribution in [3.05, 3.63) is 33.4 Å². The molecule has 3 atom stereocenters. The van der Waals surface area contributed by atoms with Gasteiger partial charge < -0.3 is 0 Å². The Hall–Kier alpha value is -0.780. The van der Waals surface area contributed by atoms with Crippen molar-refractivity contribution in [1.82, 2.24) is 0 Å². The Bertz CT molecular complexity index is 594. The van der Waals surface area contributed by atoms with Crippen molar-refractivity contribution in [2.45, 2.75) is 76.2 Å². The third kappa shape index (κ3) is 1.57. The Morgan fingerprint density at radius 3 is 1.52 bits per heavy atom. The minimum Gasteiger partial charge on any atom is -0.0632 e. The van der Waals surface area contributed by atoms with E-state index < -0.39 is 0 Å². The second-order valence-electron chi connectivity index (χ2n) is 8.52. The van der Waals surface area contributed by atoms with Gasteiger partial charge in [-0.05, 0) is 64.0 Å². The van der Waals surface area contributed by atoms with Crippen molar-refractivity contribution < 1.29 is 0 Å². The van der Waals surface area contributed by atoms with Gasteiger partial charge in [-0.25, -0.2) is 0 Å². The molecule has 0 saturated heterocycles. The van der Waals surface area contributed by atoms with E-state index in [4.69, 9.17) is 0 Å². The van der Waals surface area contributed by atoms with E-state index in [0.29, 0.717) is 5.92 Å².